The highest BCUT2D eigenvalue weighted by atomic mass is 32.1. The van der Waals surface area contributed by atoms with E-state index in [9.17, 15) is 0 Å². The summed E-state index contributed by atoms with van der Waals surface area (Å²) in [5.74, 6) is 1.66. The standard InChI is InChI=1S/C11H18N2S/c1-8-9(3-4-11(8)12-2)7-10-5-6-13-14-10/h5-6,8-9,11-12H,3-4,7H2,1-2H3. The van der Waals surface area contributed by atoms with E-state index < -0.39 is 0 Å². The minimum Gasteiger partial charge on any atom is -0.317 e. The van der Waals surface area contributed by atoms with Crippen LogP contribution in [0.3, 0.4) is 0 Å². The van der Waals surface area contributed by atoms with Crippen molar-refractivity contribution in [2.45, 2.75) is 32.2 Å². The van der Waals surface area contributed by atoms with E-state index in [-0.39, 0.29) is 0 Å². The summed E-state index contributed by atoms with van der Waals surface area (Å²) >= 11 is 1.65. The molecule has 0 spiro atoms. The van der Waals surface area contributed by atoms with E-state index in [4.69, 9.17) is 0 Å². The van der Waals surface area contributed by atoms with Crippen molar-refractivity contribution in [3.63, 3.8) is 0 Å². The number of nitrogens with one attached hydrogen (secondary N) is 1. The summed E-state index contributed by atoms with van der Waals surface area (Å²) in [4.78, 5) is 1.44. The Kier molecular flexibility index (Phi) is 3.19. The van der Waals surface area contributed by atoms with Gasteiger partial charge in [0.25, 0.3) is 0 Å². The summed E-state index contributed by atoms with van der Waals surface area (Å²) in [6.07, 6.45) is 5.84. The zero-order valence-electron chi connectivity index (χ0n) is 8.86. The molecule has 1 aromatic rings. The van der Waals surface area contributed by atoms with Crippen LogP contribution in [0.4, 0.5) is 0 Å². The first kappa shape index (κ1) is 10.1. The van der Waals surface area contributed by atoms with Crippen molar-refractivity contribution in [3.8, 4) is 0 Å². The van der Waals surface area contributed by atoms with E-state index in [0.717, 1.165) is 17.9 Å². The van der Waals surface area contributed by atoms with Gasteiger partial charge in [0.2, 0.25) is 0 Å². The highest BCUT2D eigenvalue weighted by Gasteiger charge is 2.31. The quantitative estimate of drug-likeness (QED) is 0.828. The van der Waals surface area contributed by atoms with Crippen LogP contribution >= 0.6 is 11.5 Å². The molecule has 1 saturated carbocycles. The maximum Gasteiger partial charge on any atom is 0.0409 e. The number of nitrogens with zero attached hydrogens (tertiary/aromatic N) is 1. The highest BCUT2D eigenvalue weighted by molar-refractivity contribution is 7.05. The smallest absolute Gasteiger partial charge is 0.0409 e. The Morgan fingerprint density at radius 2 is 2.43 bits per heavy atom. The highest BCUT2D eigenvalue weighted by Crippen LogP contribution is 2.34. The van der Waals surface area contributed by atoms with E-state index in [0.29, 0.717) is 0 Å². The van der Waals surface area contributed by atoms with Gasteiger partial charge in [-0.1, -0.05) is 6.92 Å². The van der Waals surface area contributed by atoms with Crippen molar-refractivity contribution in [3.05, 3.63) is 17.1 Å². The molecule has 78 valence electrons. The summed E-state index contributed by atoms with van der Waals surface area (Å²) in [6, 6.07) is 2.89. The molecule has 3 atom stereocenters. The first-order valence-corrected chi connectivity index (χ1v) is 6.15. The molecule has 1 aliphatic carbocycles. The fraction of sp³-hybridized carbons (Fsp3) is 0.727. The van der Waals surface area contributed by atoms with Gasteiger partial charge < -0.3 is 5.32 Å². The van der Waals surface area contributed by atoms with Crippen LogP contribution in [-0.4, -0.2) is 17.5 Å². The Bertz CT molecular complexity index is 271. The van der Waals surface area contributed by atoms with Crippen LogP contribution in [0, 0.1) is 11.8 Å². The predicted octanol–water partition coefficient (Wildman–Crippen LogP) is 2.32. The molecule has 1 aromatic heterocycles. The molecule has 3 unspecified atom stereocenters. The number of hydrogen-bond donors (Lipinski definition) is 1. The molecule has 0 radical (unpaired) electrons. The molecule has 0 bridgehead atoms. The summed E-state index contributed by atoms with van der Waals surface area (Å²) in [5, 5.41) is 3.41. The molecule has 1 aliphatic rings. The van der Waals surface area contributed by atoms with Crippen LogP contribution < -0.4 is 5.32 Å². The van der Waals surface area contributed by atoms with Crippen molar-refractivity contribution in [2.24, 2.45) is 11.8 Å². The summed E-state index contributed by atoms with van der Waals surface area (Å²) in [6.45, 7) is 2.37. The first-order valence-electron chi connectivity index (χ1n) is 5.38. The lowest BCUT2D eigenvalue weighted by Gasteiger charge is -2.19. The third-order valence-electron chi connectivity index (χ3n) is 3.55. The van der Waals surface area contributed by atoms with Gasteiger partial charge in [0.15, 0.2) is 0 Å². The number of rotatable bonds is 3. The molecule has 0 amide bonds. The number of hydrogen-bond acceptors (Lipinski definition) is 3. The van der Waals surface area contributed by atoms with Crippen molar-refractivity contribution >= 4 is 11.5 Å². The topological polar surface area (TPSA) is 24.9 Å². The van der Waals surface area contributed by atoms with Gasteiger partial charge in [0, 0.05) is 17.1 Å². The van der Waals surface area contributed by atoms with Gasteiger partial charge in [-0.3, -0.25) is 0 Å². The Morgan fingerprint density at radius 1 is 1.57 bits per heavy atom. The van der Waals surface area contributed by atoms with Crippen LogP contribution in [0.1, 0.15) is 24.6 Å². The molecule has 1 N–H and O–H groups in total. The fourth-order valence-corrected chi connectivity index (χ4v) is 3.22. The monoisotopic (exact) mass is 210 g/mol. The van der Waals surface area contributed by atoms with Crippen molar-refractivity contribution in [1.82, 2.24) is 9.69 Å². The summed E-state index contributed by atoms with van der Waals surface area (Å²) in [7, 11) is 2.08. The minimum atomic E-state index is 0.730. The minimum absolute atomic E-state index is 0.730. The molecular formula is C11H18N2S. The molecule has 2 nitrogen and oxygen atoms in total. The van der Waals surface area contributed by atoms with Crippen LogP contribution in [0.5, 0.6) is 0 Å². The maximum atomic E-state index is 4.15. The lowest BCUT2D eigenvalue weighted by molar-refractivity contribution is 0.365. The van der Waals surface area contributed by atoms with Gasteiger partial charge in [-0.15, -0.1) is 0 Å². The van der Waals surface area contributed by atoms with Crippen LogP contribution in [0.15, 0.2) is 12.3 Å². The third-order valence-corrected chi connectivity index (χ3v) is 4.32. The van der Waals surface area contributed by atoms with E-state index in [1.165, 1.54) is 24.1 Å². The average Bonchev–Trinajstić information content (AvgIpc) is 2.79. The van der Waals surface area contributed by atoms with Crippen LogP contribution in [0.2, 0.25) is 0 Å². The third kappa shape index (κ3) is 1.98. The SMILES string of the molecule is CNC1CCC(Cc2ccns2)C1C. The van der Waals surface area contributed by atoms with Gasteiger partial charge in [0.05, 0.1) is 0 Å². The average molecular weight is 210 g/mol. The maximum absolute atomic E-state index is 4.15. The van der Waals surface area contributed by atoms with E-state index in [2.05, 4.69) is 29.7 Å². The summed E-state index contributed by atoms with van der Waals surface area (Å²) < 4.78 is 4.15. The largest absolute Gasteiger partial charge is 0.317 e. The Hall–Kier alpha value is -0.410. The van der Waals surface area contributed by atoms with E-state index in [1.54, 1.807) is 11.5 Å². The van der Waals surface area contributed by atoms with Gasteiger partial charge >= 0.3 is 0 Å². The predicted molar refractivity (Wildman–Crippen MR) is 60.6 cm³/mol. The van der Waals surface area contributed by atoms with Gasteiger partial charge in [0.1, 0.15) is 0 Å². The second-order valence-corrected chi connectivity index (χ2v) is 5.19. The number of aromatic nitrogens is 1. The lowest BCUT2D eigenvalue weighted by atomic mass is 9.92. The lowest BCUT2D eigenvalue weighted by Crippen LogP contribution is -2.29. The van der Waals surface area contributed by atoms with Crippen LogP contribution in [0.25, 0.3) is 0 Å². The van der Waals surface area contributed by atoms with Crippen molar-refractivity contribution in [2.75, 3.05) is 7.05 Å². The second-order valence-electron chi connectivity index (χ2n) is 4.27. The molecule has 1 heterocycles. The van der Waals surface area contributed by atoms with Gasteiger partial charge in [-0.05, 0) is 55.7 Å². The second kappa shape index (κ2) is 4.41. The Labute approximate surface area is 89.9 Å². The van der Waals surface area contributed by atoms with Gasteiger partial charge in [-0.25, -0.2) is 4.37 Å². The Morgan fingerprint density at radius 3 is 3.00 bits per heavy atom. The molecule has 1 fully saturated rings. The molecule has 0 saturated heterocycles. The zero-order valence-corrected chi connectivity index (χ0v) is 9.68. The van der Waals surface area contributed by atoms with Crippen LogP contribution in [-0.2, 0) is 6.42 Å². The van der Waals surface area contributed by atoms with E-state index in [1.807, 2.05) is 6.20 Å². The first-order chi connectivity index (χ1) is 6.81. The van der Waals surface area contributed by atoms with Crippen molar-refractivity contribution in [1.29, 1.82) is 0 Å². The van der Waals surface area contributed by atoms with E-state index >= 15 is 0 Å². The molecular weight excluding hydrogens is 192 g/mol. The molecule has 3 heteroatoms. The summed E-state index contributed by atoms with van der Waals surface area (Å²) in [5.41, 5.74) is 0. The molecule has 0 aromatic carbocycles. The molecule has 0 aliphatic heterocycles. The zero-order chi connectivity index (χ0) is 9.97. The van der Waals surface area contributed by atoms with Crippen molar-refractivity contribution < 1.29 is 0 Å². The molecule has 2 rings (SSSR count). The van der Waals surface area contributed by atoms with Gasteiger partial charge in [-0.2, -0.15) is 0 Å². The normalized spacial score (nSPS) is 32.3. The Balaban J connectivity index is 1.94. The fourth-order valence-electron chi connectivity index (χ4n) is 2.55. The molecule has 14 heavy (non-hydrogen) atoms.